The van der Waals surface area contributed by atoms with Gasteiger partial charge in [0.2, 0.25) is 11.8 Å². The molecular formula is C44H36ClNO5. The highest BCUT2D eigenvalue weighted by molar-refractivity contribution is 6.33. The smallest absolute Gasteiger partial charge is 0.238 e. The number of imide groups is 1. The van der Waals surface area contributed by atoms with E-state index in [4.69, 9.17) is 11.6 Å². The van der Waals surface area contributed by atoms with E-state index < -0.39 is 35.0 Å². The van der Waals surface area contributed by atoms with Crippen molar-refractivity contribution in [2.75, 3.05) is 4.90 Å². The number of hydrogen-bond donors (Lipinski definition) is 1. The molecule has 1 saturated heterocycles. The van der Waals surface area contributed by atoms with Gasteiger partial charge in [-0.25, -0.2) is 4.90 Å². The van der Waals surface area contributed by atoms with Crippen LogP contribution < -0.4 is 4.90 Å². The molecule has 4 aromatic carbocycles. The second-order valence-electron chi connectivity index (χ2n) is 14.1. The molecule has 1 heterocycles. The standard InChI is InChI=1S/C44H36ClNO5/c1-3-11-27-14-10-17-32(40(27)48)39-30-20-21-31-38(43(51)46(42(31)50)29-19-18-25(2)36(45)22-29)34(30)23-35-41(49)33(26-12-6-4-7-13-26)24-37(47)44(35,39)28-15-8-5-9-16-28/h3-10,12-20,22,24,31,34-35,38-39,48H,1,11,21,23H2,2H3. The minimum absolute atomic E-state index is 0.0305. The molecule has 6 atom stereocenters. The minimum atomic E-state index is -1.42. The van der Waals surface area contributed by atoms with Gasteiger partial charge in [0.25, 0.3) is 0 Å². The molecule has 6 unspecified atom stereocenters. The summed E-state index contributed by atoms with van der Waals surface area (Å²) in [5.41, 5.74) is 3.40. The van der Waals surface area contributed by atoms with Crippen molar-refractivity contribution in [2.45, 2.75) is 37.5 Å². The first-order valence-electron chi connectivity index (χ1n) is 17.3. The second-order valence-corrected chi connectivity index (χ2v) is 14.5. The van der Waals surface area contributed by atoms with Crippen LogP contribution in [0.4, 0.5) is 5.69 Å². The number of phenols is 1. The summed E-state index contributed by atoms with van der Waals surface area (Å²) in [6.07, 6.45) is 6.06. The maximum atomic E-state index is 15.2. The SMILES string of the molecule is C=CCc1cccc(C2C3=CCC4C(=O)N(c5ccc(C)c(Cl)c5)C(=O)C4C3CC3C(=O)C(c4ccccc4)=CC(=O)C32c2ccccc2)c1O. The zero-order valence-electron chi connectivity index (χ0n) is 28.1. The van der Waals surface area contributed by atoms with E-state index in [9.17, 15) is 14.7 Å². The Morgan fingerprint density at radius 3 is 2.33 bits per heavy atom. The third kappa shape index (κ3) is 4.84. The van der Waals surface area contributed by atoms with Crippen LogP contribution in [-0.2, 0) is 31.0 Å². The minimum Gasteiger partial charge on any atom is -0.507 e. The van der Waals surface area contributed by atoms with Gasteiger partial charge in [-0.1, -0.05) is 114 Å². The summed E-state index contributed by atoms with van der Waals surface area (Å²) in [4.78, 5) is 60.3. The van der Waals surface area contributed by atoms with Crippen LogP contribution in [0, 0.1) is 30.6 Å². The number of ketones is 2. The molecule has 3 aliphatic carbocycles. The predicted molar refractivity (Wildman–Crippen MR) is 197 cm³/mol. The Balaban J connectivity index is 1.37. The van der Waals surface area contributed by atoms with Crippen molar-refractivity contribution in [1.29, 1.82) is 0 Å². The topological polar surface area (TPSA) is 91.8 Å². The summed E-state index contributed by atoms with van der Waals surface area (Å²) in [5.74, 6) is -4.70. The summed E-state index contributed by atoms with van der Waals surface area (Å²) in [6, 6.07) is 29.2. The number of Topliss-reactive ketones (excluding diaryl/α,β-unsaturated/α-hetero) is 1. The maximum Gasteiger partial charge on any atom is 0.238 e. The molecule has 0 aromatic heterocycles. The number of phenolic OH excluding ortho intramolecular Hbond substituents is 1. The third-order valence-electron chi connectivity index (χ3n) is 11.6. The van der Waals surface area contributed by atoms with Crippen LogP contribution >= 0.6 is 11.6 Å². The highest BCUT2D eigenvalue weighted by atomic mass is 35.5. The van der Waals surface area contributed by atoms with Crippen molar-refractivity contribution in [1.82, 2.24) is 0 Å². The molecule has 4 aromatic rings. The zero-order valence-corrected chi connectivity index (χ0v) is 28.8. The van der Waals surface area contributed by atoms with Gasteiger partial charge in [0.15, 0.2) is 11.6 Å². The number of nitrogens with zero attached hydrogens (tertiary/aromatic N) is 1. The lowest BCUT2D eigenvalue weighted by molar-refractivity contribution is -0.135. The summed E-state index contributed by atoms with van der Waals surface area (Å²) in [5, 5.41) is 12.4. The molecule has 2 amide bonds. The molecule has 0 radical (unpaired) electrons. The number of benzene rings is 4. The second kappa shape index (κ2) is 12.5. The number of allylic oxidation sites excluding steroid dienone is 5. The number of aromatic hydroxyl groups is 1. The van der Waals surface area contributed by atoms with Gasteiger partial charge in [-0.2, -0.15) is 0 Å². The first kappa shape index (κ1) is 32.9. The number of anilines is 1. The van der Waals surface area contributed by atoms with E-state index in [2.05, 4.69) is 6.58 Å². The Hall–Kier alpha value is -5.33. The molecular weight excluding hydrogens is 658 g/mol. The molecule has 7 heteroatoms. The monoisotopic (exact) mass is 693 g/mol. The number of carbonyl (C=O) groups is 4. The molecule has 8 rings (SSSR count). The zero-order chi connectivity index (χ0) is 35.6. The van der Waals surface area contributed by atoms with Gasteiger partial charge in [-0.05, 0) is 72.6 Å². The lowest BCUT2D eigenvalue weighted by Crippen LogP contribution is -2.58. The lowest BCUT2D eigenvalue weighted by Gasteiger charge is -2.55. The Morgan fingerprint density at radius 1 is 0.902 bits per heavy atom. The third-order valence-corrected chi connectivity index (χ3v) is 12.0. The summed E-state index contributed by atoms with van der Waals surface area (Å²) >= 11 is 6.47. The van der Waals surface area contributed by atoms with E-state index in [0.29, 0.717) is 45.0 Å². The Morgan fingerprint density at radius 2 is 1.63 bits per heavy atom. The van der Waals surface area contributed by atoms with Crippen LogP contribution in [0.3, 0.4) is 0 Å². The number of carbonyl (C=O) groups excluding carboxylic acids is 4. The van der Waals surface area contributed by atoms with E-state index in [-0.39, 0.29) is 42.0 Å². The molecule has 1 N–H and O–H groups in total. The first-order chi connectivity index (χ1) is 24.7. The van der Waals surface area contributed by atoms with Crippen LogP contribution in [0.15, 0.2) is 127 Å². The van der Waals surface area contributed by atoms with Gasteiger partial charge in [0.05, 0.1) is 22.9 Å². The fourth-order valence-electron chi connectivity index (χ4n) is 9.36. The Labute approximate surface area is 301 Å². The molecule has 2 fully saturated rings. The van der Waals surface area contributed by atoms with Crippen molar-refractivity contribution in [3.8, 4) is 5.75 Å². The summed E-state index contributed by atoms with van der Waals surface area (Å²) in [7, 11) is 0. The van der Waals surface area contributed by atoms with E-state index >= 15 is 9.59 Å². The molecule has 0 bridgehead atoms. The van der Waals surface area contributed by atoms with Crippen LogP contribution in [0.5, 0.6) is 5.75 Å². The van der Waals surface area contributed by atoms with Crippen LogP contribution in [0.2, 0.25) is 5.02 Å². The van der Waals surface area contributed by atoms with E-state index in [1.807, 2.05) is 91.9 Å². The van der Waals surface area contributed by atoms with Gasteiger partial charge in [0.1, 0.15) is 5.75 Å². The summed E-state index contributed by atoms with van der Waals surface area (Å²) in [6.45, 7) is 5.73. The van der Waals surface area contributed by atoms with E-state index in [1.54, 1.807) is 24.3 Å². The van der Waals surface area contributed by atoms with Crippen molar-refractivity contribution >= 4 is 46.2 Å². The van der Waals surface area contributed by atoms with Crippen molar-refractivity contribution in [2.24, 2.45) is 23.7 Å². The van der Waals surface area contributed by atoms with E-state index in [0.717, 1.165) is 11.1 Å². The molecule has 1 saturated carbocycles. The van der Waals surface area contributed by atoms with Crippen molar-refractivity contribution in [3.63, 3.8) is 0 Å². The molecule has 51 heavy (non-hydrogen) atoms. The average molecular weight is 694 g/mol. The van der Waals surface area contributed by atoms with Crippen LogP contribution in [0.1, 0.15) is 46.6 Å². The summed E-state index contributed by atoms with van der Waals surface area (Å²) < 4.78 is 0. The van der Waals surface area contributed by atoms with Crippen molar-refractivity contribution < 1.29 is 24.3 Å². The lowest BCUT2D eigenvalue weighted by atomic mass is 9.44. The predicted octanol–water partition coefficient (Wildman–Crippen LogP) is 8.11. The van der Waals surface area contributed by atoms with Crippen molar-refractivity contribution in [3.05, 3.63) is 160 Å². The number of fused-ring (bicyclic) bond motifs is 4. The quantitative estimate of drug-likeness (QED) is 0.163. The Bertz CT molecular complexity index is 2210. The van der Waals surface area contributed by atoms with Gasteiger partial charge >= 0.3 is 0 Å². The van der Waals surface area contributed by atoms with Gasteiger partial charge in [0, 0.05) is 28.0 Å². The highest BCUT2D eigenvalue weighted by Crippen LogP contribution is 2.64. The van der Waals surface area contributed by atoms with Gasteiger partial charge < -0.3 is 5.11 Å². The number of aryl methyl sites for hydroxylation is 1. The van der Waals surface area contributed by atoms with E-state index in [1.165, 1.54) is 11.0 Å². The molecule has 6 nitrogen and oxygen atoms in total. The molecule has 0 spiro atoms. The van der Waals surface area contributed by atoms with Gasteiger partial charge in [-0.3, -0.25) is 19.2 Å². The molecule has 254 valence electrons. The normalized spacial score (nSPS) is 26.9. The van der Waals surface area contributed by atoms with Crippen LogP contribution in [-0.4, -0.2) is 28.5 Å². The number of para-hydroxylation sites is 1. The maximum absolute atomic E-state index is 15.2. The average Bonchev–Trinajstić information content (AvgIpc) is 3.40. The van der Waals surface area contributed by atoms with Crippen LogP contribution in [0.25, 0.3) is 5.57 Å². The fraction of sp³-hybridized carbons (Fsp3) is 0.227. The largest absolute Gasteiger partial charge is 0.507 e. The fourth-order valence-corrected chi connectivity index (χ4v) is 9.53. The first-order valence-corrected chi connectivity index (χ1v) is 17.7. The number of halogens is 1. The molecule has 4 aliphatic rings. The number of hydrogen-bond acceptors (Lipinski definition) is 5. The van der Waals surface area contributed by atoms with Gasteiger partial charge in [-0.15, -0.1) is 6.58 Å². The number of amides is 2. The number of rotatable bonds is 6. The highest BCUT2D eigenvalue weighted by Gasteiger charge is 2.66. The Kier molecular flexibility index (Phi) is 8.03. The molecule has 1 aliphatic heterocycles.